The highest BCUT2D eigenvalue weighted by Crippen LogP contribution is 2.28. The van der Waals surface area contributed by atoms with Gasteiger partial charge in [-0.2, -0.15) is 0 Å². The van der Waals surface area contributed by atoms with Crippen molar-refractivity contribution in [3.8, 4) is 5.88 Å². The van der Waals surface area contributed by atoms with E-state index in [2.05, 4.69) is 25.1 Å². The fraction of sp³-hybridized carbons (Fsp3) is 0.414. The molecule has 1 fully saturated rings. The Morgan fingerprint density at radius 2 is 2.00 bits per heavy atom. The maximum atomic E-state index is 13.3. The first-order valence-electron chi connectivity index (χ1n) is 12.1. The molecule has 2 aromatic rings. The molecule has 35 heavy (non-hydrogen) atoms. The number of allylic oxidation sites excluding steroid dienone is 6. The van der Waals surface area contributed by atoms with Crippen molar-refractivity contribution in [3.63, 3.8) is 0 Å². The van der Waals surface area contributed by atoms with Crippen LogP contribution in [0.5, 0.6) is 5.88 Å². The second kappa shape index (κ2) is 13.8. The predicted octanol–water partition coefficient (Wildman–Crippen LogP) is 7.27. The highest BCUT2D eigenvalue weighted by atomic mass is 19.1. The topological polar surface area (TPSA) is 45.6 Å². The fourth-order valence-electron chi connectivity index (χ4n) is 4.25. The van der Waals surface area contributed by atoms with Gasteiger partial charge in [0.2, 0.25) is 5.88 Å². The van der Waals surface area contributed by atoms with Crippen molar-refractivity contribution in [2.75, 3.05) is 13.2 Å². The molecule has 190 valence electrons. The maximum absolute atomic E-state index is 13.3. The monoisotopic (exact) mass is 484 g/mol. The summed E-state index contributed by atoms with van der Waals surface area (Å²) < 4.78 is 32.0. The quantitative estimate of drug-likeness (QED) is 0.453. The van der Waals surface area contributed by atoms with E-state index < -0.39 is 0 Å². The molecule has 1 aliphatic carbocycles. The Bertz CT molecular complexity index is 1080. The van der Waals surface area contributed by atoms with E-state index in [0.717, 1.165) is 41.3 Å². The average Bonchev–Trinajstić information content (AvgIpc) is 3.25. The van der Waals surface area contributed by atoms with E-state index >= 15 is 0 Å². The minimum Gasteiger partial charge on any atom is -0.472 e. The van der Waals surface area contributed by atoms with Crippen molar-refractivity contribution < 1.29 is 18.6 Å². The summed E-state index contributed by atoms with van der Waals surface area (Å²) in [6.45, 7) is 15.8. The number of pyridine rings is 1. The second-order valence-electron chi connectivity index (χ2n) is 8.79. The molecule has 0 spiro atoms. The highest BCUT2D eigenvalue weighted by molar-refractivity contribution is 5.82. The minimum atomic E-state index is -0.278. The summed E-state index contributed by atoms with van der Waals surface area (Å²) in [7, 11) is 0. The van der Waals surface area contributed by atoms with E-state index in [1.807, 2.05) is 25.7 Å². The molecular weight excluding hydrogens is 446 g/mol. The van der Waals surface area contributed by atoms with Crippen LogP contribution in [0.25, 0.3) is 10.8 Å². The predicted molar refractivity (Wildman–Crippen MR) is 140 cm³/mol. The molecule has 1 aliphatic heterocycles. The Morgan fingerprint density at radius 3 is 2.57 bits per heavy atom. The van der Waals surface area contributed by atoms with Crippen molar-refractivity contribution in [3.05, 3.63) is 84.3 Å². The van der Waals surface area contributed by atoms with Crippen LogP contribution >= 0.6 is 0 Å². The molecule has 1 N–H and O–H groups in total. The summed E-state index contributed by atoms with van der Waals surface area (Å²) in [5.74, 6) is 0.186. The van der Waals surface area contributed by atoms with Gasteiger partial charge in [-0.3, -0.25) is 0 Å². The minimum absolute atomic E-state index is 0.0110. The number of ether oxygens (including phenoxy) is 1. The molecular formula is C29H38F2N2O2. The van der Waals surface area contributed by atoms with Gasteiger partial charge in [-0.25, -0.2) is 13.8 Å². The maximum Gasteiger partial charge on any atom is 0.214 e. The molecule has 6 heteroatoms. The molecule has 4 nitrogen and oxygen atoms in total. The van der Waals surface area contributed by atoms with Gasteiger partial charge in [0.15, 0.2) is 0 Å². The van der Waals surface area contributed by atoms with E-state index in [-0.39, 0.29) is 30.4 Å². The Labute approximate surface area is 208 Å². The van der Waals surface area contributed by atoms with Crippen LogP contribution in [-0.2, 0) is 0 Å². The first-order valence-corrected chi connectivity index (χ1v) is 12.1. The van der Waals surface area contributed by atoms with Gasteiger partial charge in [0.05, 0.1) is 19.2 Å². The zero-order chi connectivity index (χ0) is 26.0. The lowest BCUT2D eigenvalue weighted by molar-refractivity contribution is 0.187. The van der Waals surface area contributed by atoms with E-state index in [0.29, 0.717) is 18.8 Å². The van der Waals surface area contributed by atoms with Crippen molar-refractivity contribution in [1.82, 2.24) is 9.88 Å². The third-order valence-corrected chi connectivity index (χ3v) is 6.11. The van der Waals surface area contributed by atoms with Gasteiger partial charge in [-0.05, 0) is 75.3 Å². The smallest absolute Gasteiger partial charge is 0.214 e. The first-order chi connectivity index (χ1) is 16.7. The van der Waals surface area contributed by atoms with E-state index in [1.165, 1.54) is 17.7 Å². The Morgan fingerprint density at radius 1 is 1.29 bits per heavy atom. The Kier molecular flexibility index (Phi) is 11.1. The van der Waals surface area contributed by atoms with Crippen molar-refractivity contribution >= 4 is 10.8 Å². The zero-order valence-electron chi connectivity index (χ0n) is 21.4. The van der Waals surface area contributed by atoms with E-state index in [4.69, 9.17) is 4.74 Å². The number of aliphatic hydroxyl groups is 1. The SMILES string of the molecule is C=C(C)N1CC(Oc2cc3cc(F)ccc3cn2)C[C@H]1CO.C=CC.CCC1=C(C)C(F)=CCC1. The van der Waals surface area contributed by atoms with Crippen molar-refractivity contribution in [2.45, 2.75) is 65.5 Å². The molecule has 4 rings (SSSR count). The molecule has 1 saturated heterocycles. The molecule has 2 atom stereocenters. The molecule has 0 radical (unpaired) electrons. The van der Waals surface area contributed by atoms with Gasteiger partial charge < -0.3 is 14.7 Å². The number of hydrogen-bond acceptors (Lipinski definition) is 4. The normalized spacial score (nSPS) is 19.3. The van der Waals surface area contributed by atoms with Gasteiger partial charge in [0, 0.05) is 29.8 Å². The van der Waals surface area contributed by atoms with Crippen LogP contribution in [0.15, 0.2) is 78.4 Å². The number of nitrogens with zero attached hydrogens (tertiary/aromatic N) is 2. The second-order valence-corrected chi connectivity index (χ2v) is 8.79. The molecule has 1 unspecified atom stereocenters. The third kappa shape index (κ3) is 8.03. The summed E-state index contributed by atoms with van der Waals surface area (Å²) in [4.78, 5) is 6.32. The number of halogens is 2. The number of likely N-dealkylation sites (tertiary alicyclic amines) is 1. The summed E-state index contributed by atoms with van der Waals surface area (Å²) in [6.07, 6.45) is 8.68. The number of rotatable bonds is 5. The molecule has 2 aliphatic rings. The van der Waals surface area contributed by atoms with Gasteiger partial charge in [0.1, 0.15) is 17.7 Å². The summed E-state index contributed by atoms with van der Waals surface area (Å²) in [6, 6.07) is 6.35. The highest BCUT2D eigenvalue weighted by Gasteiger charge is 2.32. The van der Waals surface area contributed by atoms with Crippen LogP contribution in [0.1, 0.15) is 53.4 Å². The van der Waals surface area contributed by atoms with Crippen LogP contribution in [-0.4, -0.2) is 40.3 Å². The molecule has 0 amide bonds. The van der Waals surface area contributed by atoms with Crippen LogP contribution in [0.3, 0.4) is 0 Å². The standard InChI is InChI=1S/C17H19FN2O2.C9H13F.C3H6/c1-11(2)20-9-16(7-15(20)10-21)22-17-6-13-5-14(18)4-3-12(13)8-19-17;1-3-8-5-4-6-9(10)7(8)2;1-3-2/h3-6,8,15-16,21H,1,7,9-10H2,2H3;6H,3-5H2,1-2H3;3H,1H2,2H3/t15-,16?;;/m0../s1. The Balaban J connectivity index is 0.000000277. The number of aromatic nitrogens is 1. The van der Waals surface area contributed by atoms with Crippen LogP contribution in [0.2, 0.25) is 0 Å². The molecule has 1 aromatic heterocycles. The van der Waals surface area contributed by atoms with E-state index in [9.17, 15) is 13.9 Å². The molecule has 2 heterocycles. The molecule has 0 bridgehead atoms. The fourth-order valence-corrected chi connectivity index (χ4v) is 4.25. The molecule has 1 aromatic carbocycles. The van der Waals surface area contributed by atoms with Gasteiger partial charge in [0.25, 0.3) is 0 Å². The average molecular weight is 485 g/mol. The molecule has 0 saturated carbocycles. The number of hydrogen-bond donors (Lipinski definition) is 1. The number of aliphatic hydroxyl groups excluding tert-OH is 1. The van der Waals surface area contributed by atoms with Gasteiger partial charge in [-0.15, -0.1) is 6.58 Å². The largest absolute Gasteiger partial charge is 0.472 e. The van der Waals surface area contributed by atoms with Gasteiger partial charge in [-0.1, -0.05) is 25.2 Å². The van der Waals surface area contributed by atoms with Crippen molar-refractivity contribution in [1.29, 1.82) is 0 Å². The lowest BCUT2D eigenvalue weighted by Crippen LogP contribution is -2.30. The van der Waals surface area contributed by atoms with Gasteiger partial charge >= 0.3 is 0 Å². The van der Waals surface area contributed by atoms with Crippen molar-refractivity contribution in [2.24, 2.45) is 0 Å². The number of fused-ring (bicyclic) bond motifs is 1. The van der Waals surface area contributed by atoms with Crippen LogP contribution in [0, 0.1) is 5.82 Å². The summed E-state index contributed by atoms with van der Waals surface area (Å²) in [5.41, 5.74) is 3.06. The first kappa shape index (κ1) is 28.2. The van der Waals surface area contributed by atoms with Crippen LogP contribution in [0.4, 0.5) is 8.78 Å². The zero-order valence-corrected chi connectivity index (χ0v) is 21.4. The summed E-state index contributed by atoms with van der Waals surface area (Å²) in [5, 5.41) is 11.1. The van der Waals surface area contributed by atoms with Crippen LogP contribution < -0.4 is 4.74 Å². The lowest BCUT2D eigenvalue weighted by Gasteiger charge is -2.24. The third-order valence-electron chi connectivity index (χ3n) is 6.11. The Hall–Kier alpha value is -2.99. The van der Waals surface area contributed by atoms with E-state index in [1.54, 1.807) is 30.5 Å². The number of benzene rings is 1. The lowest BCUT2D eigenvalue weighted by atomic mass is 9.96. The summed E-state index contributed by atoms with van der Waals surface area (Å²) >= 11 is 0.